The van der Waals surface area contributed by atoms with E-state index in [0.717, 1.165) is 0 Å². The molecule has 0 heterocycles. The maximum atomic E-state index is 2.44. The Kier molecular flexibility index (Phi) is 4.85. The van der Waals surface area contributed by atoms with Crippen LogP contribution in [0.2, 0.25) is 0 Å². The van der Waals surface area contributed by atoms with Gasteiger partial charge in [0, 0.05) is 5.92 Å². The van der Waals surface area contributed by atoms with Crippen molar-refractivity contribution in [2.45, 2.75) is 33.6 Å². The molecule has 0 amide bonds. The summed E-state index contributed by atoms with van der Waals surface area (Å²) in [5, 5.41) is 0. The lowest BCUT2D eigenvalue weighted by molar-refractivity contribution is 0.855. The van der Waals surface area contributed by atoms with E-state index in [4.69, 9.17) is 0 Å². The first-order valence-corrected chi connectivity index (χ1v) is 8.74. The lowest BCUT2D eigenvalue weighted by atomic mass is 9.84. The van der Waals surface area contributed by atoms with Crippen molar-refractivity contribution in [2.75, 3.05) is 0 Å². The van der Waals surface area contributed by atoms with Gasteiger partial charge < -0.3 is 0 Å². The molecule has 0 saturated heterocycles. The molecule has 0 fully saturated rings. The highest BCUT2D eigenvalue weighted by Crippen LogP contribution is 2.31. The van der Waals surface area contributed by atoms with E-state index in [-0.39, 0.29) is 0 Å². The number of rotatable bonds is 3. The van der Waals surface area contributed by atoms with Gasteiger partial charge in [-0.25, -0.2) is 0 Å². The van der Waals surface area contributed by atoms with E-state index in [1.165, 1.54) is 33.4 Å². The van der Waals surface area contributed by atoms with Crippen LogP contribution < -0.4 is 0 Å². The maximum absolute atomic E-state index is 2.44. The van der Waals surface area contributed by atoms with Crippen LogP contribution in [-0.4, -0.2) is 0 Å². The summed E-state index contributed by atoms with van der Waals surface area (Å²) in [6.07, 6.45) is 9.27. The third kappa shape index (κ3) is 3.76. The summed E-state index contributed by atoms with van der Waals surface area (Å²) >= 11 is 0. The number of aryl methyl sites for hydroxylation is 2. The Bertz CT molecular complexity index is 737. The number of allylic oxidation sites excluding steroid dienone is 6. The lowest BCUT2D eigenvalue weighted by Gasteiger charge is -2.20. The van der Waals surface area contributed by atoms with Crippen molar-refractivity contribution >= 4 is 0 Å². The fourth-order valence-electron chi connectivity index (χ4n) is 3.17. The summed E-state index contributed by atoms with van der Waals surface area (Å²) in [4.78, 5) is 0. The monoisotopic (exact) mass is 314 g/mol. The Morgan fingerprint density at radius 3 is 1.79 bits per heavy atom. The van der Waals surface area contributed by atoms with E-state index in [0.29, 0.717) is 11.8 Å². The van der Waals surface area contributed by atoms with Gasteiger partial charge in [-0.3, -0.25) is 0 Å². The van der Waals surface area contributed by atoms with Gasteiger partial charge in [0.1, 0.15) is 0 Å². The average Bonchev–Trinajstić information content (AvgIpc) is 2.58. The molecule has 0 N–H and O–H groups in total. The second-order valence-corrected chi connectivity index (χ2v) is 7.00. The summed E-state index contributed by atoms with van der Waals surface area (Å²) in [5.41, 5.74) is 8.04. The van der Waals surface area contributed by atoms with E-state index >= 15 is 0 Å². The summed E-state index contributed by atoms with van der Waals surface area (Å²) in [5.74, 6) is 0.756. The minimum Gasteiger partial charge on any atom is -0.0770 e. The second kappa shape index (κ2) is 7.05. The van der Waals surface area contributed by atoms with Crippen LogP contribution in [0.4, 0.5) is 0 Å². The lowest BCUT2D eigenvalue weighted by Crippen LogP contribution is -2.04. The molecule has 1 unspecified atom stereocenters. The molecule has 122 valence electrons. The quantitative estimate of drug-likeness (QED) is 0.605. The Morgan fingerprint density at radius 1 is 0.792 bits per heavy atom. The van der Waals surface area contributed by atoms with E-state index < -0.39 is 0 Å². The fourth-order valence-corrected chi connectivity index (χ4v) is 3.17. The molecule has 3 rings (SSSR count). The Labute approximate surface area is 146 Å². The normalized spacial score (nSPS) is 19.0. The molecular formula is C24H26. The molecule has 1 atom stereocenters. The summed E-state index contributed by atoms with van der Waals surface area (Å²) < 4.78 is 0. The average molecular weight is 314 g/mol. The Balaban J connectivity index is 2.06. The van der Waals surface area contributed by atoms with Gasteiger partial charge in [0.2, 0.25) is 0 Å². The zero-order valence-electron chi connectivity index (χ0n) is 15.1. The van der Waals surface area contributed by atoms with Gasteiger partial charge in [0.15, 0.2) is 0 Å². The zero-order chi connectivity index (χ0) is 17.1. The van der Waals surface area contributed by atoms with Crippen molar-refractivity contribution in [3.8, 4) is 0 Å². The van der Waals surface area contributed by atoms with Crippen molar-refractivity contribution in [3.63, 3.8) is 0 Å². The molecule has 0 bridgehead atoms. The molecule has 0 nitrogen and oxygen atoms in total. The van der Waals surface area contributed by atoms with Gasteiger partial charge >= 0.3 is 0 Å². The minimum atomic E-state index is 0.291. The molecule has 1 aliphatic rings. The molecule has 1 aliphatic carbocycles. The van der Waals surface area contributed by atoms with Gasteiger partial charge in [0.05, 0.1) is 0 Å². The molecule has 0 radical (unpaired) electrons. The third-order valence-electron chi connectivity index (χ3n) is 4.80. The molecule has 0 aliphatic heterocycles. The zero-order valence-corrected chi connectivity index (χ0v) is 15.1. The molecule has 0 spiro atoms. The van der Waals surface area contributed by atoms with Crippen LogP contribution in [0.3, 0.4) is 0 Å². The predicted octanol–water partition coefficient (Wildman–Crippen LogP) is 6.51. The first-order valence-electron chi connectivity index (χ1n) is 8.74. The highest BCUT2D eigenvalue weighted by Gasteiger charge is 2.15. The Hall–Kier alpha value is -2.34. The van der Waals surface area contributed by atoms with Crippen molar-refractivity contribution in [3.05, 3.63) is 106 Å². The van der Waals surface area contributed by atoms with Crippen LogP contribution in [0.1, 0.15) is 42.0 Å². The molecule has 0 heteroatoms. The minimum absolute atomic E-state index is 0.291. The van der Waals surface area contributed by atoms with Gasteiger partial charge in [-0.2, -0.15) is 0 Å². The van der Waals surface area contributed by atoms with Gasteiger partial charge in [0.25, 0.3) is 0 Å². The van der Waals surface area contributed by atoms with Crippen molar-refractivity contribution in [1.29, 1.82) is 0 Å². The van der Waals surface area contributed by atoms with Crippen LogP contribution in [0, 0.1) is 19.8 Å². The van der Waals surface area contributed by atoms with Crippen LogP contribution in [0.15, 0.2) is 84.0 Å². The first kappa shape index (κ1) is 16.5. The number of benzene rings is 2. The number of hydrogen-bond donors (Lipinski definition) is 0. The van der Waals surface area contributed by atoms with E-state index in [1.54, 1.807) is 0 Å². The molecule has 0 aromatic heterocycles. The highest BCUT2D eigenvalue weighted by molar-refractivity contribution is 5.45. The fraction of sp³-hybridized carbons (Fsp3) is 0.250. The van der Waals surface area contributed by atoms with Crippen LogP contribution in [0.25, 0.3) is 0 Å². The van der Waals surface area contributed by atoms with Gasteiger partial charge in [-0.15, -0.1) is 0 Å². The number of hydrogen-bond acceptors (Lipinski definition) is 0. The van der Waals surface area contributed by atoms with Crippen molar-refractivity contribution < 1.29 is 0 Å². The summed E-state index contributed by atoms with van der Waals surface area (Å²) in [6.45, 7) is 8.72. The molecule has 2 aromatic carbocycles. The van der Waals surface area contributed by atoms with Crippen LogP contribution in [0.5, 0.6) is 0 Å². The van der Waals surface area contributed by atoms with E-state index in [1.807, 2.05) is 0 Å². The smallest absolute Gasteiger partial charge is 0.0275 e. The van der Waals surface area contributed by atoms with Gasteiger partial charge in [-0.05, 0) is 43.4 Å². The molecule has 2 aromatic rings. The first-order chi connectivity index (χ1) is 11.5. The summed E-state index contributed by atoms with van der Waals surface area (Å²) in [7, 11) is 0. The van der Waals surface area contributed by atoms with Crippen molar-refractivity contribution in [2.24, 2.45) is 5.92 Å². The van der Waals surface area contributed by atoms with E-state index in [9.17, 15) is 0 Å². The standard InChI is InChI=1S/C24H26/c1-17-6-11-21(12-7-17)24(22-13-8-18(2)9-14-22)16-23-15-19(3)5-10-20(23)4/h5-16,20,24H,1-4H3/b23-16+. The topological polar surface area (TPSA) is 0 Å². The van der Waals surface area contributed by atoms with Crippen molar-refractivity contribution in [1.82, 2.24) is 0 Å². The van der Waals surface area contributed by atoms with Gasteiger partial charge in [-0.1, -0.05) is 96.5 Å². The second-order valence-electron chi connectivity index (χ2n) is 7.00. The maximum Gasteiger partial charge on any atom is 0.0275 e. The largest absolute Gasteiger partial charge is 0.0770 e. The highest BCUT2D eigenvalue weighted by atomic mass is 14.2. The van der Waals surface area contributed by atoms with Crippen LogP contribution in [-0.2, 0) is 0 Å². The molecule has 0 saturated carbocycles. The molecule has 24 heavy (non-hydrogen) atoms. The SMILES string of the molecule is CC1=C/C(=C\C(c2ccc(C)cc2)c2ccc(C)cc2)C(C)C=C1. The van der Waals surface area contributed by atoms with E-state index in [2.05, 4.69) is 101 Å². The summed E-state index contributed by atoms with van der Waals surface area (Å²) in [6, 6.07) is 17.9. The molecular weight excluding hydrogens is 288 g/mol. The van der Waals surface area contributed by atoms with Crippen LogP contribution >= 0.6 is 0 Å². The Morgan fingerprint density at radius 2 is 1.29 bits per heavy atom. The third-order valence-corrected chi connectivity index (χ3v) is 4.80. The predicted molar refractivity (Wildman–Crippen MR) is 104 cm³/mol.